The van der Waals surface area contributed by atoms with Gasteiger partial charge in [-0.25, -0.2) is 14.2 Å². The van der Waals surface area contributed by atoms with E-state index >= 15 is 0 Å². The van der Waals surface area contributed by atoms with Crippen LogP contribution >= 0.6 is 11.3 Å². The van der Waals surface area contributed by atoms with Gasteiger partial charge in [-0.3, -0.25) is 10.1 Å². The van der Waals surface area contributed by atoms with Crippen LogP contribution in [-0.2, 0) is 11.2 Å². The van der Waals surface area contributed by atoms with E-state index in [0.29, 0.717) is 28.6 Å². The van der Waals surface area contributed by atoms with Crippen molar-refractivity contribution in [2.75, 3.05) is 11.9 Å². The van der Waals surface area contributed by atoms with Gasteiger partial charge in [0.2, 0.25) is 0 Å². The number of anilines is 1. The summed E-state index contributed by atoms with van der Waals surface area (Å²) in [6, 6.07) is 12.6. The Hall–Kier alpha value is -3.52. The lowest BCUT2D eigenvalue weighted by molar-refractivity contribution is -0.118. The van der Waals surface area contributed by atoms with E-state index in [9.17, 15) is 14.0 Å². The molecule has 0 unspecified atom stereocenters. The fourth-order valence-corrected chi connectivity index (χ4v) is 3.72. The molecular weight excluding hydrogens is 407 g/mol. The molecule has 1 N–H and O–H groups in total. The molecule has 0 radical (unpaired) electrons. The van der Waals surface area contributed by atoms with Gasteiger partial charge in [-0.05, 0) is 48.4 Å². The van der Waals surface area contributed by atoms with Gasteiger partial charge >= 0.3 is 5.63 Å². The summed E-state index contributed by atoms with van der Waals surface area (Å²) in [5.74, 6) is -0.280. The van der Waals surface area contributed by atoms with E-state index in [4.69, 9.17) is 9.15 Å². The number of hydrogen-bond donors (Lipinski definition) is 1. The Balaban J connectivity index is 1.40. The first-order valence-electron chi connectivity index (χ1n) is 9.22. The number of aryl methyl sites for hydroxylation is 1. The van der Waals surface area contributed by atoms with Gasteiger partial charge in [0.1, 0.15) is 17.1 Å². The second-order valence-corrected chi connectivity index (χ2v) is 7.34. The molecule has 0 spiro atoms. The monoisotopic (exact) mass is 424 g/mol. The molecular formula is C22H17FN2O4S. The third-order valence-corrected chi connectivity index (χ3v) is 5.20. The number of ether oxygens (including phenoxy) is 1. The van der Waals surface area contributed by atoms with Crippen molar-refractivity contribution in [2.45, 2.75) is 13.3 Å². The highest BCUT2D eigenvalue weighted by atomic mass is 32.1. The second-order valence-electron chi connectivity index (χ2n) is 6.48. The maximum atomic E-state index is 13.0. The van der Waals surface area contributed by atoms with Crippen LogP contribution < -0.4 is 15.7 Å². The second kappa shape index (κ2) is 8.46. The first-order chi connectivity index (χ1) is 14.5. The summed E-state index contributed by atoms with van der Waals surface area (Å²) in [6.07, 6.45) is 0.707. The van der Waals surface area contributed by atoms with E-state index in [-0.39, 0.29) is 18.3 Å². The van der Waals surface area contributed by atoms with Crippen molar-refractivity contribution in [1.29, 1.82) is 0 Å². The zero-order chi connectivity index (χ0) is 21.1. The maximum absolute atomic E-state index is 13.0. The minimum Gasteiger partial charge on any atom is -0.484 e. The van der Waals surface area contributed by atoms with Gasteiger partial charge < -0.3 is 9.15 Å². The van der Waals surface area contributed by atoms with Crippen molar-refractivity contribution in [3.63, 3.8) is 0 Å². The van der Waals surface area contributed by atoms with Crippen molar-refractivity contribution in [3.8, 4) is 17.0 Å². The van der Waals surface area contributed by atoms with Crippen LogP contribution in [0.2, 0.25) is 0 Å². The lowest BCUT2D eigenvalue weighted by Gasteiger charge is -2.08. The fraction of sp³-hybridized carbons (Fsp3) is 0.136. The molecule has 2 aromatic carbocycles. The zero-order valence-corrected chi connectivity index (χ0v) is 16.8. The normalized spacial score (nSPS) is 10.9. The van der Waals surface area contributed by atoms with Crippen LogP contribution in [0.5, 0.6) is 5.75 Å². The minimum absolute atomic E-state index is 0.228. The lowest BCUT2D eigenvalue weighted by Crippen LogP contribution is -2.20. The summed E-state index contributed by atoms with van der Waals surface area (Å²) >= 11 is 1.26. The average molecular weight is 424 g/mol. The quantitative estimate of drug-likeness (QED) is 0.456. The smallest absolute Gasteiger partial charge is 0.336 e. The Morgan fingerprint density at radius 2 is 2.00 bits per heavy atom. The summed E-state index contributed by atoms with van der Waals surface area (Å²) < 4.78 is 23.8. The predicted molar refractivity (Wildman–Crippen MR) is 113 cm³/mol. The Kier molecular flexibility index (Phi) is 5.58. The van der Waals surface area contributed by atoms with Crippen molar-refractivity contribution < 1.29 is 18.3 Å². The number of halogens is 1. The Morgan fingerprint density at radius 1 is 1.20 bits per heavy atom. The molecule has 0 bridgehead atoms. The summed E-state index contributed by atoms with van der Waals surface area (Å²) in [5, 5.41) is 5.71. The SMILES string of the molecule is CCc1cc(=O)oc2cc(OCC(=O)Nc3nc(-c4ccc(F)cc4)cs3)ccc12. The molecule has 0 atom stereocenters. The molecule has 8 heteroatoms. The zero-order valence-electron chi connectivity index (χ0n) is 16.0. The van der Waals surface area contributed by atoms with Crippen LogP contribution in [0.25, 0.3) is 22.2 Å². The van der Waals surface area contributed by atoms with Crippen molar-refractivity contribution in [1.82, 2.24) is 4.98 Å². The van der Waals surface area contributed by atoms with Gasteiger partial charge in [0.15, 0.2) is 11.7 Å². The van der Waals surface area contributed by atoms with Crippen molar-refractivity contribution in [2.24, 2.45) is 0 Å². The highest BCUT2D eigenvalue weighted by Crippen LogP contribution is 2.25. The van der Waals surface area contributed by atoms with Crippen LogP contribution in [0, 0.1) is 5.82 Å². The molecule has 0 aliphatic carbocycles. The molecule has 4 aromatic rings. The molecule has 1 amide bonds. The first-order valence-corrected chi connectivity index (χ1v) is 10.1. The van der Waals surface area contributed by atoms with E-state index in [1.807, 2.05) is 6.92 Å². The van der Waals surface area contributed by atoms with Crippen LogP contribution in [-0.4, -0.2) is 17.5 Å². The maximum Gasteiger partial charge on any atom is 0.336 e. The van der Waals surface area contributed by atoms with Crippen LogP contribution in [0.15, 0.2) is 63.1 Å². The summed E-state index contributed by atoms with van der Waals surface area (Å²) in [4.78, 5) is 28.2. The average Bonchev–Trinajstić information content (AvgIpc) is 3.20. The molecule has 0 aliphatic rings. The molecule has 152 valence electrons. The fourth-order valence-electron chi connectivity index (χ4n) is 2.98. The molecule has 2 aromatic heterocycles. The van der Waals surface area contributed by atoms with Gasteiger partial charge in [0, 0.05) is 28.5 Å². The number of nitrogens with zero attached hydrogens (tertiary/aromatic N) is 1. The van der Waals surface area contributed by atoms with Crippen LogP contribution in [0.4, 0.5) is 9.52 Å². The first kappa shape index (κ1) is 19.8. The molecule has 30 heavy (non-hydrogen) atoms. The van der Waals surface area contributed by atoms with E-state index in [1.54, 1.807) is 35.7 Å². The molecule has 0 saturated heterocycles. The molecule has 4 rings (SSSR count). The summed E-state index contributed by atoms with van der Waals surface area (Å²) in [7, 11) is 0. The van der Waals surface area contributed by atoms with Gasteiger partial charge in [-0.15, -0.1) is 11.3 Å². The van der Waals surface area contributed by atoms with E-state index < -0.39 is 5.63 Å². The predicted octanol–water partition coefficient (Wildman–Crippen LogP) is 4.64. The van der Waals surface area contributed by atoms with Gasteiger partial charge in [-0.1, -0.05) is 6.92 Å². The number of fused-ring (bicyclic) bond motifs is 1. The highest BCUT2D eigenvalue weighted by molar-refractivity contribution is 7.14. The third kappa shape index (κ3) is 4.38. The van der Waals surface area contributed by atoms with Gasteiger partial charge in [-0.2, -0.15) is 0 Å². The molecule has 6 nitrogen and oxygen atoms in total. The van der Waals surface area contributed by atoms with Crippen LogP contribution in [0.3, 0.4) is 0 Å². The number of aromatic nitrogens is 1. The Bertz CT molecular complexity index is 1260. The molecule has 2 heterocycles. The molecule has 0 aliphatic heterocycles. The summed E-state index contributed by atoms with van der Waals surface area (Å²) in [6.45, 7) is 1.73. The van der Waals surface area contributed by atoms with Gasteiger partial charge in [0.25, 0.3) is 5.91 Å². The van der Waals surface area contributed by atoms with Crippen LogP contribution in [0.1, 0.15) is 12.5 Å². The standard InChI is InChI=1S/C22H17FN2O4S/c1-2-13-9-21(27)29-19-10-16(7-8-17(13)19)28-11-20(26)25-22-24-18(12-30-22)14-3-5-15(23)6-4-14/h3-10,12H,2,11H2,1H3,(H,24,25,26). The number of amides is 1. The molecule has 0 fully saturated rings. The number of carbonyl (C=O) groups excluding carboxylic acids is 1. The van der Waals surface area contributed by atoms with E-state index in [1.165, 1.54) is 29.5 Å². The number of nitrogens with one attached hydrogen (secondary N) is 1. The Labute approximate surface area is 175 Å². The summed E-state index contributed by atoms with van der Waals surface area (Å²) in [5.41, 5.74) is 2.29. The number of thiazole rings is 1. The number of hydrogen-bond acceptors (Lipinski definition) is 6. The highest BCUT2D eigenvalue weighted by Gasteiger charge is 2.10. The van der Waals surface area contributed by atoms with E-state index in [2.05, 4.69) is 10.3 Å². The number of rotatable bonds is 6. The van der Waals surface area contributed by atoms with Crippen molar-refractivity contribution in [3.05, 3.63) is 75.7 Å². The topological polar surface area (TPSA) is 81.4 Å². The van der Waals surface area contributed by atoms with Crippen molar-refractivity contribution >= 4 is 33.3 Å². The minimum atomic E-state index is -0.421. The van der Waals surface area contributed by atoms with Gasteiger partial charge in [0.05, 0.1) is 5.69 Å². The van der Waals surface area contributed by atoms with E-state index in [0.717, 1.165) is 16.5 Å². The lowest BCUT2D eigenvalue weighted by atomic mass is 10.1. The number of benzene rings is 2. The number of carbonyl (C=O) groups is 1. The molecule has 0 saturated carbocycles. The third-order valence-electron chi connectivity index (χ3n) is 4.44. The Morgan fingerprint density at radius 3 is 2.77 bits per heavy atom. The largest absolute Gasteiger partial charge is 0.484 e.